The van der Waals surface area contributed by atoms with Gasteiger partial charge in [0.15, 0.2) is 0 Å². The normalized spacial score (nSPS) is 14.3. The highest BCUT2D eigenvalue weighted by molar-refractivity contribution is 5.79. The third kappa shape index (κ3) is 16.7. The van der Waals surface area contributed by atoms with Crippen molar-refractivity contribution >= 4 is 12.1 Å². The van der Waals surface area contributed by atoms with Gasteiger partial charge in [-0.05, 0) is 112 Å². The van der Waals surface area contributed by atoms with Gasteiger partial charge in [0.05, 0.1) is 11.4 Å². The Morgan fingerprint density at radius 1 is 1.07 bits per heavy atom. The number of nitrogens with two attached hydrogens (primary N) is 1. The molecular formula is C47H70N6O. The standard InChI is InChI=1S/C41H56N6O.C4H8.C2H6/c1-10-11-16-38(17-14-12-13-15-21-43-27-41(42)48)45-34(8)40(46(9)29(2)3)24-31(5)33(7)44-26-35-18-19-36-20-22-47(28-37(36)25-35)39-23-30(4)32(39)6;1-4(2)3;1-2/h10-11,13,15,18-19,21,24-25,38,44-45H,2,4-5,7-8,12,14,16-17,20,22-23,26-28H2,1,3,6,9H3,(H2,42,48);1H2,2-3H3;1-2H3/b11-10-,15-13+,40-24-,43-21?;;. The first-order valence-electron chi connectivity index (χ1n) is 19.2. The van der Waals surface area contributed by atoms with Crippen LogP contribution in [0.15, 0.2) is 144 Å². The Morgan fingerprint density at radius 3 is 2.35 bits per heavy atom. The second-order valence-electron chi connectivity index (χ2n) is 14.0. The maximum Gasteiger partial charge on any atom is 0.239 e. The molecule has 0 radical (unpaired) electrons. The lowest BCUT2D eigenvalue weighted by Gasteiger charge is -2.39. The van der Waals surface area contributed by atoms with Crippen molar-refractivity contribution in [3.05, 3.63) is 156 Å². The number of nitrogens with zero attached hydrogens (tertiary/aromatic N) is 3. The van der Waals surface area contributed by atoms with E-state index in [1.165, 1.54) is 39.1 Å². The van der Waals surface area contributed by atoms with Gasteiger partial charge in [0.1, 0.15) is 6.54 Å². The van der Waals surface area contributed by atoms with Crippen LogP contribution in [0.5, 0.6) is 0 Å². The highest BCUT2D eigenvalue weighted by Gasteiger charge is 2.26. The summed E-state index contributed by atoms with van der Waals surface area (Å²) >= 11 is 0. The Morgan fingerprint density at radius 2 is 1.76 bits per heavy atom. The average Bonchev–Trinajstić information content (AvgIpc) is 3.14. The maximum absolute atomic E-state index is 10.8. The number of aliphatic imine (C=N–C) groups is 1. The van der Waals surface area contributed by atoms with Crippen molar-refractivity contribution < 1.29 is 4.79 Å². The van der Waals surface area contributed by atoms with Gasteiger partial charge < -0.3 is 26.2 Å². The highest BCUT2D eigenvalue weighted by Crippen LogP contribution is 2.37. The molecule has 0 aromatic heterocycles. The maximum atomic E-state index is 10.8. The number of benzene rings is 1. The fraction of sp³-hybridized carbons (Fsp3) is 0.404. The van der Waals surface area contributed by atoms with Crippen molar-refractivity contribution in [1.29, 1.82) is 0 Å². The van der Waals surface area contributed by atoms with Crippen molar-refractivity contribution in [1.82, 2.24) is 20.4 Å². The molecule has 294 valence electrons. The van der Waals surface area contributed by atoms with Crippen molar-refractivity contribution in [2.75, 3.05) is 20.1 Å². The van der Waals surface area contributed by atoms with Gasteiger partial charge in [-0.2, -0.15) is 0 Å². The van der Waals surface area contributed by atoms with Crippen molar-refractivity contribution in [2.24, 2.45) is 10.7 Å². The number of hydrogen-bond acceptors (Lipinski definition) is 6. The SMILES string of the molecule is C=C(/C=C(/C(=C)NC(C/C=C\C)CCC/C=C/C=NCC(N)=O)N(C)C(=C)C)C(=C)NCc1ccc2c(c1)CN(C1=C(C)C(=C)C1)CC2.C=C(C)C.CC. The molecule has 1 aromatic carbocycles. The number of nitrogens with one attached hydrogen (secondary N) is 2. The van der Waals surface area contributed by atoms with Crippen LogP contribution in [0.2, 0.25) is 0 Å². The number of unbranched alkanes of at least 4 members (excludes halogenated alkanes) is 1. The van der Waals surface area contributed by atoms with Gasteiger partial charge in [-0.3, -0.25) is 9.79 Å². The van der Waals surface area contributed by atoms with Crippen LogP contribution < -0.4 is 16.4 Å². The van der Waals surface area contributed by atoms with E-state index in [0.717, 1.165) is 80.0 Å². The molecule has 1 heterocycles. The van der Waals surface area contributed by atoms with Crippen LogP contribution >= 0.6 is 0 Å². The van der Waals surface area contributed by atoms with Crippen molar-refractivity contribution in [3.63, 3.8) is 0 Å². The number of rotatable bonds is 20. The molecule has 1 atom stereocenters. The summed E-state index contributed by atoms with van der Waals surface area (Å²) in [6.07, 6.45) is 17.6. The predicted molar refractivity (Wildman–Crippen MR) is 236 cm³/mol. The van der Waals surface area contributed by atoms with Gasteiger partial charge in [-0.15, -0.1) is 6.58 Å². The number of likely N-dealkylation sites (N-methyl/N-ethyl adjacent to an activating group) is 1. The number of carbonyl (C=O) groups is 1. The van der Waals surface area contributed by atoms with E-state index in [2.05, 4.69) is 103 Å². The first-order chi connectivity index (χ1) is 25.6. The van der Waals surface area contributed by atoms with Gasteiger partial charge in [0.2, 0.25) is 5.91 Å². The van der Waals surface area contributed by atoms with Crippen molar-refractivity contribution in [2.45, 2.75) is 106 Å². The highest BCUT2D eigenvalue weighted by atomic mass is 16.1. The summed E-state index contributed by atoms with van der Waals surface area (Å²) in [5.74, 6) is -0.436. The molecule has 0 spiro atoms. The lowest BCUT2D eigenvalue weighted by molar-refractivity contribution is -0.116. The van der Waals surface area contributed by atoms with E-state index in [4.69, 9.17) is 5.73 Å². The monoisotopic (exact) mass is 735 g/mol. The summed E-state index contributed by atoms with van der Waals surface area (Å²) in [6, 6.07) is 7.02. The number of amides is 1. The summed E-state index contributed by atoms with van der Waals surface area (Å²) < 4.78 is 0. The molecule has 1 amide bonds. The lowest BCUT2D eigenvalue weighted by atomic mass is 9.87. The largest absolute Gasteiger partial charge is 0.381 e. The number of carbonyl (C=O) groups excluding carboxylic acids is 1. The number of allylic oxidation sites excluding steroid dienone is 8. The third-order valence-corrected chi connectivity index (χ3v) is 8.99. The van der Waals surface area contributed by atoms with Crippen LogP contribution in [-0.2, 0) is 24.3 Å². The first-order valence-corrected chi connectivity index (χ1v) is 19.2. The van der Waals surface area contributed by atoms with Crippen LogP contribution in [-0.4, -0.2) is 48.1 Å². The summed E-state index contributed by atoms with van der Waals surface area (Å²) in [5, 5.41) is 7.17. The molecule has 0 bridgehead atoms. The Kier molecular flexibility index (Phi) is 21.8. The summed E-state index contributed by atoms with van der Waals surface area (Å²) in [6.45, 7) is 41.8. The zero-order chi connectivity index (χ0) is 40.8. The molecular weight excluding hydrogens is 665 g/mol. The molecule has 0 saturated carbocycles. The van der Waals surface area contributed by atoms with Crippen LogP contribution in [0.1, 0.15) is 97.3 Å². The first kappa shape index (κ1) is 47.0. The Hall–Kier alpha value is -5.04. The quantitative estimate of drug-likeness (QED) is 0.0538. The molecule has 1 aliphatic heterocycles. The second-order valence-corrected chi connectivity index (χ2v) is 14.0. The Labute approximate surface area is 329 Å². The summed E-state index contributed by atoms with van der Waals surface area (Å²) in [4.78, 5) is 19.3. The van der Waals surface area contributed by atoms with Gasteiger partial charge in [-0.1, -0.05) is 88.7 Å². The van der Waals surface area contributed by atoms with Crippen LogP contribution in [0, 0.1) is 0 Å². The lowest BCUT2D eigenvalue weighted by Crippen LogP contribution is -2.33. The number of primary amides is 1. The smallest absolute Gasteiger partial charge is 0.239 e. The molecule has 54 heavy (non-hydrogen) atoms. The molecule has 3 rings (SSSR count). The molecule has 4 N–H and O–H groups in total. The van der Waals surface area contributed by atoms with E-state index in [-0.39, 0.29) is 12.6 Å². The van der Waals surface area contributed by atoms with Crippen LogP contribution in [0.4, 0.5) is 0 Å². The third-order valence-electron chi connectivity index (χ3n) is 8.99. The molecule has 1 unspecified atom stereocenters. The van der Waals surface area contributed by atoms with Crippen LogP contribution in [0.3, 0.4) is 0 Å². The minimum Gasteiger partial charge on any atom is -0.381 e. The van der Waals surface area contributed by atoms with Crippen LogP contribution in [0.25, 0.3) is 0 Å². The molecule has 7 heteroatoms. The fourth-order valence-corrected chi connectivity index (χ4v) is 5.74. The van der Waals surface area contributed by atoms with Gasteiger partial charge in [0.25, 0.3) is 0 Å². The molecule has 1 aromatic rings. The van der Waals surface area contributed by atoms with E-state index in [9.17, 15) is 4.79 Å². The van der Waals surface area contributed by atoms with E-state index in [1.54, 1.807) is 6.21 Å². The topological polar surface area (TPSA) is 86.0 Å². The predicted octanol–water partition coefficient (Wildman–Crippen LogP) is 10.1. The Balaban J connectivity index is 0.00000227. The molecule has 0 fully saturated rings. The zero-order valence-corrected chi connectivity index (χ0v) is 34.9. The molecule has 2 aliphatic rings. The average molecular weight is 735 g/mol. The van der Waals surface area contributed by atoms with Gasteiger partial charge in [-0.25, -0.2) is 0 Å². The number of fused-ring (bicyclic) bond motifs is 1. The molecule has 7 nitrogen and oxygen atoms in total. The molecule has 0 saturated heterocycles. The molecule has 1 aliphatic carbocycles. The van der Waals surface area contributed by atoms with E-state index in [0.29, 0.717) is 6.54 Å². The minimum atomic E-state index is -0.436. The zero-order valence-electron chi connectivity index (χ0n) is 34.9. The van der Waals surface area contributed by atoms with Crippen molar-refractivity contribution in [3.8, 4) is 0 Å². The van der Waals surface area contributed by atoms with E-state index < -0.39 is 5.91 Å². The Bertz CT molecular complexity index is 1650. The summed E-state index contributed by atoms with van der Waals surface area (Å²) in [5.41, 5.74) is 18.5. The summed E-state index contributed by atoms with van der Waals surface area (Å²) in [7, 11) is 1.99. The minimum absolute atomic E-state index is 0.00970. The van der Waals surface area contributed by atoms with E-state index >= 15 is 0 Å². The fourth-order valence-electron chi connectivity index (χ4n) is 5.74. The number of hydrogen-bond donors (Lipinski definition) is 3. The second kappa shape index (κ2) is 25.1. The van der Waals surface area contributed by atoms with E-state index in [1.807, 2.05) is 65.6 Å². The van der Waals surface area contributed by atoms with Gasteiger partial charge in [0, 0.05) is 62.5 Å². The van der Waals surface area contributed by atoms with Gasteiger partial charge >= 0.3 is 0 Å².